The molecule has 1 rings (SSSR count). The minimum absolute atomic E-state index is 0.0360. The van der Waals surface area contributed by atoms with Crippen LogP contribution in [0.1, 0.15) is 23.4 Å². The standard InChI is InChI=1S/C8H4BrClF2N2/c9-2-6-7(8(11)12)5(10)1-4(3-13)14-6/h1,8H,2H2. The lowest BCUT2D eigenvalue weighted by Gasteiger charge is -2.07. The highest BCUT2D eigenvalue weighted by Gasteiger charge is 2.18. The minimum Gasteiger partial charge on any atom is -0.241 e. The van der Waals surface area contributed by atoms with E-state index in [1.54, 1.807) is 6.07 Å². The normalized spacial score (nSPS) is 10.3. The number of nitrogens with zero attached hydrogens (tertiary/aromatic N) is 2. The van der Waals surface area contributed by atoms with Gasteiger partial charge in [0.25, 0.3) is 6.43 Å². The van der Waals surface area contributed by atoms with Crippen molar-refractivity contribution in [2.45, 2.75) is 11.8 Å². The fourth-order valence-corrected chi connectivity index (χ4v) is 1.69. The maximum Gasteiger partial charge on any atom is 0.267 e. The maximum absolute atomic E-state index is 12.5. The first-order valence-corrected chi connectivity index (χ1v) is 5.03. The highest BCUT2D eigenvalue weighted by Crippen LogP contribution is 2.30. The molecule has 0 fully saturated rings. The summed E-state index contributed by atoms with van der Waals surface area (Å²) in [7, 11) is 0. The number of hydrogen-bond acceptors (Lipinski definition) is 2. The Bertz CT molecular complexity index is 390. The van der Waals surface area contributed by atoms with Crippen molar-refractivity contribution in [3.05, 3.63) is 28.0 Å². The summed E-state index contributed by atoms with van der Waals surface area (Å²) >= 11 is 8.61. The van der Waals surface area contributed by atoms with Crippen molar-refractivity contribution < 1.29 is 8.78 Å². The van der Waals surface area contributed by atoms with Crippen molar-refractivity contribution in [3.63, 3.8) is 0 Å². The van der Waals surface area contributed by atoms with Gasteiger partial charge in [0.05, 0.1) is 16.3 Å². The van der Waals surface area contributed by atoms with Gasteiger partial charge in [0.2, 0.25) is 0 Å². The van der Waals surface area contributed by atoms with Gasteiger partial charge in [-0.05, 0) is 6.07 Å². The summed E-state index contributed by atoms with van der Waals surface area (Å²) in [5.41, 5.74) is -0.180. The Balaban J connectivity index is 3.36. The zero-order chi connectivity index (χ0) is 10.7. The molecule has 0 aliphatic heterocycles. The molecule has 0 bridgehead atoms. The van der Waals surface area contributed by atoms with E-state index in [-0.39, 0.29) is 27.3 Å². The van der Waals surface area contributed by atoms with Crippen LogP contribution in [0.4, 0.5) is 8.78 Å². The number of pyridine rings is 1. The summed E-state index contributed by atoms with van der Waals surface area (Å²) in [4.78, 5) is 3.72. The van der Waals surface area contributed by atoms with Gasteiger partial charge in [0.15, 0.2) is 0 Å². The first-order chi connectivity index (χ1) is 6.60. The Kier molecular flexibility index (Phi) is 3.78. The molecule has 0 saturated carbocycles. The fraction of sp³-hybridized carbons (Fsp3) is 0.250. The van der Waals surface area contributed by atoms with Crippen LogP contribution in [0.3, 0.4) is 0 Å². The second-order valence-electron chi connectivity index (χ2n) is 2.40. The second kappa shape index (κ2) is 4.67. The summed E-state index contributed by atoms with van der Waals surface area (Å²) in [6, 6.07) is 2.88. The highest BCUT2D eigenvalue weighted by molar-refractivity contribution is 9.08. The molecular formula is C8H4BrClF2N2. The van der Waals surface area contributed by atoms with Crippen LogP contribution in [0.5, 0.6) is 0 Å². The van der Waals surface area contributed by atoms with Crippen molar-refractivity contribution >= 4 is 27.5 Å². The van der Waals surface area contributed by atoms with Gasteiger partial charge in [-0.3, -0.25) is 0 Å². The number of alkyl halides is 3. The van der Waals surface area contributed by atoms with Crippen molar-refractivity contribution in [1.82, 2.24) is 4.98 Å². The largest absolute Gasteiger partial charge is 0.267 e. The Labute approximate surface area is 92.6 Å². The van der Waals surface area contributed by atoms with Crippen molar-refractivity contribution in [2.75, 3.05) is 0 Å². The molecule has 0 aromatic carbocycles. The molecule has 0 aliphatic rings. The molecule has 0 amide bonds. The second-order valence-corrected chi connectivity index (χ2v) is 3.36. The number of halogens is 4. The van der Waals surface area contributed by atoms with E-state index in [2.05, 4.69) is 20.9 Å². The molecule has 0 radical (unpaired) electrons. The summed E-state index contributed by atoms with van der Waals surface area (Å²) in [5.74, 6) is 0. The van der Waals surface area contributed by atoms with Crippen LogP contribution < -0.4 is 0 Å². The number of hydrogen-bond donors (Lipinski definition) is 0. The van der Waals surface area contributed by atoms with Crippen LogP contribution in [-0.2, 0) is 5.33 Å². The van der Waals surface area contributed by atoms with Gasteiger partial charge < -0.3 is 0 Å². The molecule has 0 N–H and O–H groups in total. The first-order valence-electron chi connectivity index (χ1n) is 3.53. The number of rotatable bonds is 2. The SMILES string of the molecule is N#Cc1cc(Cl)c(C(F)F)c(CBr)n1. The summed E-state index contributed by atoms with van der Waals surface area (Å²) < 4.78 is 25.0. The average molecular weight is 281 g/mol. The van der Waals surface area contributed by atoms with E-state index in [4.69, 9.17) is 16.9 Å². The molecule has 0 saturated heterocycles. The van der Waals surface area contributed by atoms with E-state index in [0.717, 1.165) is 6.07 Å². The smallest absolute Gasteiger partial charge is 0.241 e. The van der Waals surface area contributed by atoms with Gasteiger partial charge in [0.1, 0.15) is 11.8 Å². The molecule has 6 heteroatoms. The number of nitriles is 1. The maximum atomic E-state index is 12.5. The van der Waals surface area contributed by atoms with Gasteiger partial charge in [-0.2, -0.15) is 5.26 Å². The molecule has 2 nitrogen and oxygen atoms in total. The lowest BCUT2D eigenvalue weighted by atomic mass is 10.2. The lowest BCUT2D eigenvalue weighted by molar-refractivity contribution is 0.150. The van der Waals surface area contributed by atoms with Gasteiger partial charge in [-0.25, -0.2) is 13.8 Å². The van der Waals surface area contributed by atoms with Gasteiger partial charge in [-0.1, -0.05) is 27.5 Å². The van der Waals surface area contributed by atoms with Crippen molar-refractivity contribution in [2.24, 2.45) is 0 Å². The van der Waals surface area contributed by atoms with Crippen LogP contribution in [-0.4, -0.2) is 4.98 Å². The van der Waals surface area contributed by atoms with E-state index in [1.807, 2.05) is 0 Å². The third-order valence-corrected chi connectivity index (χ3v) is 2.39. The Hall–Kier alpha value is -0.730. The molecule has 0 unspecified atom stereocenters. The van der Waals surface area contributed by atoms with E-state index in [9.17, 15) is 8.78 Å². The Morgan fingerprint density at radius 3 is 2.71 bits per heavy atom. The van der Waals surface area contributed by atoms with Gasteiger partial charge in [0, 0.05) is 5.33 Å². The van der Waals surface area contributed by atoms with Crippen molar-refractivity contribution in [3.8, 4) is 6.07 Å². The first kappa shape index (κ1) is 11.3. The van der Waals surface area contributed by atoms with E-state index in [0.29, 0.717) is 0 Å². The third kappa shape index (κ3) is 2.20. The molecule has 74 valence electrons. The molecule has 1 aromatic heterocycles. The van der Waals surface area contributed by atoms with Crippen LogP contribution in [0.2, 0.25) is 5.02 Å². The van der Waals surface area contributed by atoms with Crippen molar-refractivity contribution in [1.29, 1.82) is 5.26 Å². The molecular weight excluding hydrogens is 277 g/mol. The lowest BCUT2D eigenvalue weighted by Crippen LogP contribution is -1.99. The highest BCUT2D eigenvalue weighted by atomic mass is 79.9. The quantitative estimate of drug-likeness (QED) is 0.779. The predicted octanol–water partition coefficient (Wildman–Crippen LogP) is 3.44. The zero-order valence-corrected chi connectivity index (χ0v) is 9.11. The topological polar surface area (TPSA) is 36.7 Å². The molecule has 1 heterocycles. The van der Waals surface area contributed by atoms with Gasteiger partial charge in [-0.15, -0.1) is 0 Å². The molecule has 0 spiro atoms. The van der Waals surface area contributed by atoms with Crippen LogP contribution in [0.15, 0.2) is 6.07 Å². The molecule has 0 aliphatic carbocycles. The van der Waals surface area contributed by atoms with Crippen LogP contribution >= 0.6 is 27.5 Å². The monoisotopic (exact) mass is 280 g/mol. The summed E-state index contributed by atoms with van der Waals surface area (Å²) in [6.07, 6.45) is -2.68. The number of aromatic nitrogens is 1. The summed E-state index contributed by atoms with van der Waals surface area (Å²) in [6.45, 7) is 0. The van der Waals surface area contributed by atoms with Crippen LogP contribution in [0, 0.1) is 11.3 Å². The molecule has 0 atom stereocenters. The molecule has 1 aromatic rings. The average Bonchev–Trinajstić information content (AvgIpc) is 2.15. The van der Waals surface area contributed by atoms with E-state index >= 15 is 0 Å². The molecule has 14 heavy (non-hydrogen) atoms. The summed E-state index contributed by atoms with van der Waals surface area (Å²) in [5, 5.41) is 8.55. The third-order valence-electron chi connectivity index (χ3n) is 1.55. The van der Waals surface area contributed by atoms with Gasteiger partial charge >= 0.3 is 0 Å². The zero-order valence-electron chi connectivity index (χ0n) is 6.77. The fourth-order valence-electron chi connectivity index (χ4n) is 0.963. The Morgan fingerprint density at radius 1 is 1.64 bits per heavy atom. The van der Waals surface area contributed by atoms with E-state index in [1.165, 1.54) is 0 Å². The van der Waals surface area contributed by atoms with Crippen LogP contribution in [0.25, 0.3) is 0 Å². The Morgan fingerprint density at radius 2 is 2.29 bits per heavy atom. The minimum atomic E-state index is -2.68. The van der Waals surface area contributed by atoms with E-state index < -0.39 is 6.43 Å². The predicted molar refractivity (Wildman–Crippen MR) is 51.6 cm³/mol.